The minimum atomic E-state index is -0.429. The molecule has 4 aliphatic carbocycles. The van der Waals surface area contributed by atoms with Crippen LogP contribution in [0, 0.1) is 23.2 Å². The Kier molecular flexibility index (Phi) is 8.08. The van der Waals surface area contributed by atoms with Gasteiger partial charge in [0.05, 0.1) is 24.2 Å². The summed E-state index contributed by atoms with van der Waals surface area (Å²) in [6, 6.07) is 0. The topological polar surface area (TPSA) is 76.7 Å². The molecule has 2 bridgehead atoms. The lowest BCUT2D eigenvalue weighted by molar-refractivity contribution is -0.199. The highest BCUT2D eigenvalue weighted by atomic mass is 16.7. The van der Waals surface area contributed by atoms with Crippen LogP contribution >= 0.6 is 0 Å². The summed E-state index contributed by atoms with van der Waals surface area (Å²) in [5.41, 5.74) is 0.00965. The zero-order valence-electron chi connectivity index (χ0n) is 22.2. The maximum atomic E-state index is 12.8. The van der Waals surface area contributed by atoms with Gasteiger partial charge in [-0.25, -0.2) is 0 Å². The van der Waals surface area contributed by atoms with Crippen molar-refractivity contribution >= 4 is 26.1 Å². The standard InChI is InChI=1S/C26H46B2N2O4/c1-17(2)13-22(28-33-21-15-18-14-20(25(18,3)4)26(21,5)34-28)30-23(31)16-29-24(32)27-19-11-9-7-6-8-10-12-19/h17-22,27H,6-16H2,1-5H3,(H,29,32)(H,30,31)/t18-,20-,21?,22+,26-/m1/s1. The van der Waals surface area contributed by atoms with Crippen LogP contribution in [0.2, 0.25) is 5.82 Å². The van der Waals surface area contributed by atoms with Gasteiger partial charge < -0.3 is 19.9 Å². The Morgan fingerprint density at radius 2 is 1.74 bits per heavy atom. The number of nitrogens with one attached hydrogen (secondary N) is 2. The molecule has 5 atom stereocenters. The number of carbonyl (C=O) groups excluding carboxylic acids is 2. The smallest absolute Gasteiger partial charge is 0.404 e. The summed E-state index contributed by atoms with van der Waals surface area (Å²) in [6.45, 7) is 11.3. The molecular weight excluding hydrogens is 426 g/mol. The first-order chi connectivity index (χ1) is 16.1. The van der Waals surface area contributed by atoms with E-state index < -0.39 is 7.12 Å². The average molecular weight is 472 g/mol. The zero-order valence-corrected chi connectivity index (χ0v) is 22.2. The van der Waals surface area contributed by atoms with Crippen LogP contribution in [0.3, 0.4) is 0 Å². The molecule has 5 rings (SSSR count). The lowest BCUT2D eigenvalue weighted by atomic mass is 9.43. The first-order valence-electron chi connectivity index (χ1n) is 14.0. The van der Waals surface area contributed by atoms with Crippen LogP contribution in [0.5, 0.6) is 0 Å². The van der Waals surface area contributed by atoms with Gasteiger partial charge in [0.15, 0.2) is 5.81 Å². The van der Waals surface area contributed by atoms with E-state index in [1.807, 2.05) is 0 Å². The second-order valence-corrected chi connectivity index (χ2v) is 12.8. The van der Waals surface area contributed by atoms with Crippen LogP contribution in [0.4, 0.5) is 4.79 Å². The summed E-state index contributed by atoms with van der Waals surface area (Å²) in [6.07, 6.45) is 11.7. The predicted molar refractivity (Wildman–Crippen MR) is 138 cm³/mol. The van der Waals surface area contributed by atoms with Crippen LogP contribution in [0.15, 0.2) is 0 Å². The van der Waals surface area contributed by atoms with Gasteiger partial charge in [-0.05, 0) is 49.4 Å². The molecular formula is C26H46B2N2O4. The average Bonchev–Trinajstić information content (AvgIpc) is 3.10. The molecule has 6 nitrogen and oxygen atoms in total. The van der Waals surface area contributed by atoms with Gasteiger partial charge in [-0.1, -0.05) is 78.5 Å². The maximum absolute atomic E-state index is 12.8. The van der Waals surface area contributed by atoms with Crippen molar-refractivity contribution in [2.45, 2.75) is 122 Å². The largest absolute Gasteiger partial charge is 0.481 e. The molecule has 4 saturated carbocycles. The molecule has 0 spiro atoms. The second kappa shape index (κ2) is 10.5. The maximum Gasteiger partial charge on any atom is 0.481 e. The number of carbonyl (C=O) groups is 2. The van der Waals surface area contributed by atoms with E-state index in [1.165, 1.54) is 38.5 Å². The third kappa shape index (κ3) is 5.53. The first kappa shape index (κ1) is 26.1. The Hall–Kier alpha value is -1.01. The first-order valence-corrected chi connectivity index (χ1v) is 14.0. The predicted octanol–water partition coefficient (Wildman–Crippen LogP) is 4.46. The molecule has 34 heavy (non-hydrogen) atoms. The highest BCUT2D eigenvalue weighted by molar-refractivity contribution is 6.74. The number of hydrogen-bond donors (Lipinski definition) is 2. The van der Waals surface area contributed by atoms with E-state index in [2.05, 4.69) is 45.3 Å². The Morgan fingerprint density at radius 1 is 1.06 bits per heavy atom. The van der Waals surface area contributed by atoms with Crippen molar-refractivity contribution in [3.63, 3.8) is 0 Å². The third-order valence-electron chi connectivity index (χ3n) is 9.51. The Labute approximate surface area is 207 Å². The van der Waals surface area contributed by atoms with E-state index in [1.54, 1.807) is 0 Å². The molecule has 8 heteroatoms. The lowest BCUT2D eigenvalue weighted by Gasteiger charge is -2.64. The van der Waals surface area contributed by atoms with Crippen molar-refractivity contribution in [3.05, 3.63) is 0 Å². The zero-order chi connectivity index (χ0) is 24.5. The quantitative estimate of drug-likeness (QED) is 0.512. The van der Waals surface area contributed by atoms with Crippen molar-refractivity contribution in [2.24, 2.45) is 23.2 Å². The molecule has 190 valence electrons. The number of hydrogen-bond acceptors (Lipinski definition) is 4. The lowest BCUT2D eigenvalue weighted by Crippen LogP contribution is -2.65. The van der Waals surface area contributed by atoms with Gasteiger partial charge >= 0.3 is 7.12 Å². The SMILES string of the molecule is CC(C)C[C@H](NC(=O)CNC(=O)BC1CCCCCCC1)B1OC2C[C@H]3C[C@H](C3(C)C)[C@@]2(C)O1. The van der Waals surface area contributed by atoms with Crippen LogP contribution < -0.4 is 10.6 Å². The Balaban J connectivity index is 1.28. The molecule has 1 heterocycles. The molecule has 1 aliphatic heterocycles. The van der Waals surface area contributed by atoms with Crippen molar-refractivity contribution in [1.29, 1.82) is 0 Å². The summed E-state index contributed by atoms with van der Waals surface area (Å²) >= 11 is 0. The molecule has 1 saturated heterocycles. The van der Waals surface area contributed by atoms with Gasteiger partial charge in [0.25, 0.3) is 0 Å². The monoisotopic (exact) mass is 472 g/mol. The molecule has 0 aromatic heterocycles. The van der Waals surface area contributed by atoms with Gasteiger partial charge in [0.1, 0.15) is 0 Å². The van der Waals surface area contributed by atoms with Crippen molar-refractivity contribution in [3.8, 4) is 0 Å². The number of rotatable bonds is 8. The normalized spacial score (nSPS) is 33.8. The van der Waals surface area contributed by atoms with Gasteiger partial charge in [0, 0.05) is 0 Å². The second-order valence-electron chi connectivity index (χ2n) is 12.8. The fraction of sp³-hybridized carbons (Fsp3) is 0.923. The number of amides is 2. The van der Waals surface area contributed by atoms with Crippen molar-refractivity contribution in [1.82, 2.24) is 10.6 Å². The molecule has 2 amide bonds. The molecule has 1 unspecified atom stereocenters. The summed E-state index contributed by atoms with van der Waals surface area (Å²) < 4.78 is 13.1. The van der Waals surface area contributed by atoms with Gasteiger partial charge in [-0.15, -0.1) is 0 Å². The Bertz CT molecular complexity index is 740. The minimum absolute atomic E-state index is 0.00460. The van der Waals surface area contributed by atoms with Crippen LogP contribution in [0.25, 0.3) is 0 Å². The highest BCUT2D eigenvalue weighted by Gasteiger charge is 2.68. The molecule has 2 N–H and O–H groups in total. The fourth-order valence-electron chi connectivity index (χ4n) is 7.33. The van der Waals surface area contributed by atoms with E-state index in [9.17, 15) is 9.59 Å². The molecule has 5 fully saturated rings. The third-order valence-corrected chi connectivity index (χ3v) is 9.51. The van der Waals surface area contributed by atoms with Crippen molar-refractivity contribution in [2.75, 3.05) is 6.54 Å². The van der Waals surface area contributed by atoms with Crippen LogP contribution in [-0.4, -0.2) is 50.3 Å². The summed E-state index contributed by atoms with van der Waals surface area (Å²) in [5, 5.41) is 6.00. The molecule has 0 aromatic rings. The van der Waals surface area contributed by atoms with Gasteiger partial charge in [0.2, 0.25) is 13.2 Å². The summed E-state index contributed by atoms with van der Waals surface area (Å²) in [4.78, 5) is 25.3. The molecule has 0 aromatic carbocycles. The Morgan fingerprint density at radius 3 is 2.38 bits per heavy atom. The summed E-state index contributed by atoms with van der Waals surface area (Å²) in [5.74, 6) is 1.67. The summed E-state index contributed by atoms with van der Waals surface area (Å²) in [7, 11) is 0.109. The van der Waals surface area contributed by atoms with Gasteiger partial charge in [-0.2, -0.15) is 0 Å². The van der Waals surface area contributed by atoms with E-state index in [4.69, 9.17) is 9.31 Å². The van der Waals surface area contributed by atoms with Crippen molar-refractivity contribution < 1.29 is 18.9 Å². The molecule has 0 radical (unpaired) electrons. The fourth-order valence-corrected chi connectivity index (χ4v) is 7.33. The van der Waals surface area contributed by atoms with Crippen LogP contribution in [0.1, 0.15) is 98.8 Å². The van der Waals surface area contributed by atoms with E-state index >= 15 is 0 Å². The minimum Gasteiger partial charge on any atom is -0.404 e. The van der Waals surface area contributed by atoms with Gasteiger partial charge in [-0.3, -0.25) is 9.59 Å². The van der Waals surface area contributed by atoms with E-state index in [-0.39, 0.29) is 35.9 Å². The van der Waals surface area contributed by atoms with E-state index in [0.717, 1.165) is 25.7 Å². The highest BCUT2D eigenvalue weighted by Crippen LogP contribution is 2.65. The van der Waals surface area contributed by atoms with E-state index in [0.29, 0.717) is 36.3 Å². The molecule has 5 aliphatic rings. The van der Waals surface area contributed by atoms with Crippen LogP contribution in [-0.2, 0) is 14.1 Å².